The largest absolute Gasteiger partial charge is 0.497 e. The lowest BCUT2D eigenvalue weighted by Gasteiger charge is -2.26. The number of carbonyl (C=O) groups excluding carboxylic acids is 1. The molecule has 0 aliphatic carbocycles. The zero-order chi connectivity index (χ0) is 16.8. The van der Waals surface area contributed by atoms with Crippen LogP contribution in [0.3, 0.4) is 0 Å². The highest BCUT2D eigenvalue weighted by Crippen LogP contribution is 2.23. The standard InChI is InChI=1S/C17H21ClN2O2S/c1-4-20(11-15-9-10-16(18)23-15)12(2)17(21)19-13-5-7-14(22-3)8-6-13/h5-10,12H,4,11H2,1-3H3,(H,19,21). The summed E-state index contributed by atoms with van der Waals surface area (Å²) >= 11 is 7.52. The van der Waals surface area contributed by atoms with Gasteiger partial charge in [-0.15, -0.1) is 11.3 Å². The van der Waals surface area contributed by atoms with Gasteiger partial charge < -0.3 is 10.1 Å². The normalized spacial score (nSPS) is 12.2. The van der Waals surface area contributed by atoms with Gasteiger partial charge >= 0.3 is 0 Å². The highest BCUT2D eigenvalue weighted by Gasteiger charge is 2.20. The molecular formula is C17H21ClN2O2S. The van der Waals surface area contributed by atoms with Gasteiger partial charge in [0, 0.05) is 17.1 Å². The highest BCUT2D eigenvalue weighted by molar-refractivity contribution is 7.16. The molecule has 0 saturated heterocycles. The highest BCUT2D eigenvalue weighted by atomic mass is 35.5. The van der Waals surface area contributed by atoms with Crippen LogP contribution in [-0.4, -0.2) is 30.5 Å². The van der Waals surface area contributed by atoms with Crippen LogP contribution in [0.4, 0.5) is 5.69 Å². The van der Waals surface area contributed by atoms with Crippen molar-refractivity contribution in [1.82, 2.24) is 4.90 Å². The number of benzene rings is 1. The van der Waals surface area contributed by atoms with Gasteiger partial charge in [-0.25, -0.2) is 0 Å². The summed E-state index contributed by atoms with van der Waals surface area (Å²) in [5, 5.41) is 2.94. The number of amides is 1. The van der Waals surface area contributed by atoms with Gasteiger partial charge in [0.1, 0.15) is 5.75 Å². The van der Waals surface area contributed by atoms with Crippen LogP contribution in [0, 0.1) is 0 Å². The first-order valence-electron chi connectivity index (χ1n) is 7.46. The average Bonchev–Trinajstić information content (AvgIpc) is 2.97. The summed E-state index contributed by atoms with van der Waals surface area (Å²) in [7, 11) is 1.62. The van der Waals surface area contributed by atoms with E-state index in [0.29, 0.717) is 6.54 Å². The minimum Gasteiger partial charge on any atom is -0.497 e. The fourth-order valence-corrected chi connectivity index (χ4v) is 3.36. The molecule has 2 aromatic rings. The van der Waals surface area contributed by atoms with E-state index in [4.69, 9.17) is 16.3 Å². The van der Waals surface area contributed by atoms with Crippen molar-refractivity contribution in [2.75, 3.05) is 19.0 Å². The molecule has 1 atom stereocenters. The topological polar surface area (TPSA) is 41.6 Å². The summed E-state index contributed by atoms with van der Waals surface area (Å²) in [5.41, 5.74) is 0.762. The molecule has 1 unspecified atom stereocenters. The lowest BCUT2D eigenvalue weighted by atomic mass is 10.2. The maximum absolute atomic E-state index is 12.5. The van der Waals surface area contributed by atoms with Gasteiger partial charge in [-0.1, -0.05) is 18.5 Å². The molecule has 4 nitrogen and oxygen atoms in total. The Morgan fingerprint density at radius 1 is 1.30 bits per heavy atom. The van der Waals surface area contributed by atoms with E-state index in [0.717, 1.165) is 27.2 Å². The van der Waals surface area contributed by atoms with Crippen molar-refractivity contribution in [3.63, 3.8) is 0 Å². The van der Waals surface area contributed by atoms with Gasteiger partial charge in [0.15, 0.2) is 0 Å². The maximum Gasteiger partial charge on any atom is 0.241 e. The van der Waals surface area contributed by atoms with E-state index in [1.807, 2.05) is 50.2 Å². The van der Waals surface area contributed by atoms with Crippen LogP contribution in [0.1, 0.15) is 18.7 Å². The summed E-state index contributed by atoms with van der Waals surface area (Å²) in [5.74, 6) is 0.737. The third-order valence-electron chi connectivity index (χ3n) is 3.68. The molecule has 1 aromatic carbocycles. The molecule has 1 heterocycles. The van der Waals surface area contributed by atoms with Gasteiger partial charge in [-0.05, 0) is 49.9 Å². The average molecular weight is 353 g/mol. The van der Waals surface area contributed by atoms with Gasteiger partial charge in [-0.2, -0.15) is 0 Å². The number of ether oxygens (including phenoxy) is 1. The molecule has 124 valence electrons. The van der Waals surface area contributed by atoms with Gasteiger partial charge in [0.05, 0.1) is 17.5 Å². The van der Waals surface area contributed by atoms with Crippen molar-refractivity contribution in [2.24, 2.45) is 0 Å². The van der Waals surface area contributed by atoms with Crippen LogP contribution in [0.25, 0.3) is 0 Å². The smallest absolute Gasteiger partial charge is 0.241 e. The van der Waals surface area contributed by atoms with Crippen molar-refractivity contribution in [3.8, 4) is 5.75 Å². The Bertz CT molecular complexity index is 642. The predicted molar refractivity (Wildman–Crippen MR) is 96.5 cm³/mol. The second-order valence-electron chi connectivity index (χ2n) is 5.16. The molecule has 0 radical (unpaired) electrons. The predicted octanol–water partition coefficient (Wildman–Crippen LogP) is 4.26. The molecular weight excluding hydrogens is 332 g/mol. The molecule has 23 heavy (non-hydrogen) atoms. The molecule has 1 amide bonds. The number of nitrogens with one attached hydrogen (secondary N) is 1. The Hall–Kier alpha value is -1.56. The zero-order valence-corrected chi connectivity index (χ0v) is 15.1. The van der Waals surface area contributed by atoms with Crippen molar-refractivity contribution in [3.05, 3.63) is 45.6 Å². The number of anilines is 1. The minimum atomic E-state index is -0.233. The summed E-state index contributed by atoms with van der Waals surface area (Å²) in [6, 6.07) is 11.0. The molecule has 0 saturated carbocycles. The van der Waals surface area contributed by atoms with Crippen molar-refractivity contribution in [2.45, 2.75) is 26.4 Å². The Kier molecular flexibility index (Phi) is 6.45. The monoisotopic (exact) mass is 352 g/mol. The van der Waals surface area contributed by atoms with E-state index < -0.39 is 0 Å². The van der Waals surface area contributed by atoms with Crippen LogP contribution in [0.5, 0.6) is 5.75 Å². The van der Waals surface area contributed by atoms with E-state index in [1.165, 1.54) is 0 Å². The molecule has 6 heteroatoms. The number of thiophene rings is 1. The van der Waals surface area contributed by atoms with Crippen LogP contribution >= 0.6 is 22.9 Å². The van der Waals surface area contributed by atoms with Crippen molar-refractivity contribution < 1.29 is 9.53 Å². The SMILES string of the molecule is CCN(Cc1ccc(Cl)s1)C(C)C(=O)Nc1ccc(OC)cc1. The fourth-order valence-electron chi connectivity index (χ4n) is 2.25. The molecule has 0 aliphatic heterocycles. The second-order valence-corrected chi connectivity index (χ2v) is 6.96. The molecule has 1 N–H and O–H groups in total. The number of hydrogen-bond acceptors (Lipinski definition) is 4. The molecule has 2 rings (SSSR count). The molecule has 0 aliphatic rings. The third-order valence-corrected chi connectivity index (χ3v) is 4.89. The van der Waals surface area contributed by atoms with Crippen LogP contribution in [0.15, 0.2) is 36.4 Å². The quantitative estimate of drug-likeness (QED) is 0.809. The summed E-state index contributed by atoms with van der Waals surface area (Å²) in [6.07, 6.45) is 0. The fraction of sp³-hybridized carbons (Fsp3) is 0.353. The van der Waals surface area contributed by atoms with Crippen molar-refractivity contribution >= 4 is 34.5 Å². The Morgan fingerprint density at radius 2 is 2.00 bits per heavy atom. The maximum atomic E-state index is 12.5. The van der Waals surface area contributed by atoms with E-state index >= 15 is 0 Å². The molecule has 0 bridgehead atoms. The number of carbonyl (C=O) groups is 1. The number of nitrogens with zero attached hydrogens (tertiary/aromatic N) is 1. The summed E-state index contributed by atoms with van der Waals surface area (Å²) < 4.78 is 5.88. The Balaban J connectivity index is 1.98. The van der Waals surface area contributed by atoms with E-state index in [2.05, 4.69) is 10.2 Å². The minimum absolute atomic E-state index is 0.0281. The van der Waals surface area contributed by atoms with E-state index in [-0.39, 0.29) is 11.9 Å². The van der Waals surface area contributed by atoms with Gasteiger partial charge in [-0.3, -0.25) is 9.69 Å². The first kappa shape index (κ1) is 17.8. The number of hydrogen-bond donors (Lipinski definition) is 1. The first-order chi connectivity index (χ1) is 11.0. The number of halogens is 1. The second kappa shape index (κ2) is 8.34. The lowest BCUT2D eigenvalue weighted by molar-refractivity contribution is -0.120. The van der Waals surface area contributed by atoms with Gasteiger partial charge in [0.25, 0.3) is 0 Å². The van der Waals surface area contributed by atoms with Crippen LogP contribution in [-0.2, 0) is 11.3 Å². The van der Waals surface area contributed by atoms with Gasteiger partial charge in [0.2, 0.25) is 5.91 Å². The van der Waals surface area contributed by atoms with E-state index in [9.17, 15) is 4.79 Å². The third kappa shape index (κ3) is 4.96. The number of methoxy groups -OCH3 is 1. The molecule has 0 spiro atoms. The summed E-state index contributed by atoms with van der Waals surface area (Å²) in [4.78, 5) is 15.7. The van der Waals surface area contributed by atoms with Crippen LogP contribution < -0.4 is 10.1 Å². The zero-order valence-electron chi connectivity index (χ0n) is 13.5. The molecule has 1 aromatic heterocycles. The van der Waals surface area contributed by atoms with E-state index in [1.54, 1.807) is 18.4 Å². The Morgan fingerprint density at radius 3 is 2.52 bits per heavy atom. The van der Waals surface area contributed by atoms with Crippen molar-refractivity contribution in [1.29, 1.82) is 0 Å². The first-order valence-corrected chi connectivity index (χ1v) is 8.66. The lowest BCUT2D eigenvalue weighted by Crippen LogP contribution is -2.41. The summed E-state index contributed by atoms with van der Waals surface area (Å²) in [6.45, 7) is 5.46. The van der Waals surface area contributed by atoms with Crippen LogP contribution in [0.2, 0.25) is 4.34 Å². The Labute approximate surface area is 146 Å². The molecule has 0 fully saturated rings. The number of rotatable bonds is 7. The number of likely N-dealkylation sites (N-methyl/N-ethyl adjacent to an activating group) is 1.